The molecule has 1 rings (SSSR count). The Hall–Kier alpha value is -1.28. The zero-order valence-corrected chi connectivity index (χ0v) is 11.3. The zero-order valence-electron chi connectivity index (χ0n) is 11.3. The molecule has 0 unspecified atom stereocenters. The molecule has 0 bridgehead atoms. The van der Waals surface area contributed by atoms with Crippen LogP contribution in [0, 0.1) is 17.2 Å². The van der Waals surface area contributed by atoms with Crippen molar-refractivity contribution in [2.24, 2.45) is 11.0 Å². The molecule has 0 spiro atoms. The molecular weight excluding hydrogens is 228 g/mol. The number of rotatable bonds is 6. The van der Waals surface area contributed by atoms with Crippen molar-refractivity contribution in [3.8, 4) is 6.07 Å². The Balaban J connectivity index is 2.40. The summed E-state index contributed by atoms with van der Waals surface area (Å²) in [7, 11) is 0. The van der Waals surface area contributed by atoms with E-state index < -0.39 is 5.54 Å². The van der Waals surface area contributed by atoms with Crippen LogP contribution in [-0.4, -0.2) is 43.2 Å². The average molecular weight is 250 g/mol. The van der Waals surface area contributed by atoms with Gasteiger partial charge in [-0.3, -0.25) is 5.32 Å². The van der Waals surface area contributed by atoms with E-state index in [1.54, 1.807) is 0 Å². The second-order valence-corrected chi connectivity index (χ2v) is 5.27. The van der Waals surface area contributed by atoms with E-state index in [2.05, 4.69) is 40.2 Å². The van der Waals surface area contributed by atoms with Gasteiger partial charge in [0.1, 0.15) is 5.54 Å². The number of nitrogens with zero attached hydrogens (tertiary/aromatic N) is 5. The van der Waals surface area contributed by atoms with Gasteiger partial charge in [-0.25, -0.2) is 0 Å². The van der Waals surface area contributed by atoms with Crippen LogP contribution in [0.5, 0.6) is 0 Å². The second kappa shape index (κ2) is 7.22. The molecule has 0 saturated carbocycles. The molecule has 0 aromatic heterocycles. The lowest BCUT2D eigenvalue weighted by molar-refractivity contribution is 0.153. The fourth-order valence-corrected chi connectivity index (χ4v) is 2.35. The van der Waals surface area contributed by atoms with Gasteiger partial charge in [-0.1, -0.05) is 19.0 Å². The third-order valence-electron chi connectivity index (χ3n) is 3.29. The summed E-state index contributed by atoms with van der Waals surface area (Å²) in [5, 5.41) is 16.0. The van der Waals surface area contributed by atoms with E-state index in [0.29, 0.717) is 19.0 Å². The van der Waals surface area contributed by atoms with E-state index in [9.17, 15) is 5.26 Å². The Morgan fingerprint density at radius 3 is 2.67 bits per heavy atom. The predicted octanol–water partition coefficient (Wildman–Crippen LogP) is 1.90. The fraction of sp³-hybridized carbons (Fsp3) is 0.917. The number of nitriles is 1. The molecule has 0 aromatic rings. The van der Waals surface area contributed by atoms with Gasteiger partial charge in [0.25, 0.3) is 0 Å². The van der Waals surface area contributed by atoms with Crippen LogP contribution in [0.25, 0.3) is 10.4 Å². The SMILES string of the molecule is CC(C)CN1CCC(C#N)(NCCN=[N+]=[N-])CC1. The van der Waals surface area contributed by atoms with Crippen LogP contribution in [0.3, 0.4) is 0 Å². The molecule has 1 aliphatic rings. The number of azide groups is 1. The minimum absolute atomic E-state index is 0.398. The standard InChI is InChI=1S/C12H22N6/c1-11(2)9-18-7-3-12(10-13,4-8-18)15-5-6-16-17-14/h11,15H,3-9H2,1-2H3. The van der Waals surface area contributed by atoms with E-state index in [1.165, 1.54) is 0 Å². The molecule has 0 radical (unpaired) electrons. The molecular formula is C12H22N6. The van der Waals surface area contributed by atoms with Gasteiger partial charge in [-0.15, -0.1) is 0 Å². The maximum Gasteiger partial charge on any atom is 0.109 e. The van der Waals surface area contributed by atoms with E-state index in [4.69, 9.17) is 5.53 Å². The summed E-state index contributed by atoms with van der Waals surface area (Å²) in [5.41, 5.74) is 7.77. The summed E-state index contributed by atoms with van der Waals surface area (Å²) in [6, 6.07) is 2.40. The summed E-state index contributed by atoms with van der Waals surface area (Å²) in [6.45, 7) is 8.41. The normalized spacial score (nSPS) is 19.2. The van der Waals surface area contributed by atoms with Crippen molar-refractivity contribution < 1.29 is 0 Å². The van der Waals surface area contributed by atoms with Gasteiger partial charge in [-0.05, 0) is 24.3 Å². The predicted molar refractivity (Wildman–Crippen MR) is 70.9 cm³/mol. The molecule has 0 aromatic carbocycles. The van der Waals surface area contributed by atoms with Crippen molar-refractivity contribution in [3.63, 3.8) is 0 Å². The van der Waals surface area contributed by atoms with Crippen molar-refractivity contribution in [2.75, 3.05) is 32.7 Å². The van der Waals surface area contributed by atoms with Gasteiger partial charge >= 0.3 is 0 Å². The van der Waals surface area contributed by atoms with Crippen molar-refractivity contribution in [1.82, 2.24) is 10.2 Å². The summed E-state index contributed by atoms with van der Waals surface area (Å²) < 4.78 is 0. The maximum absolute atomic E-state index is 9.33. The van der Waals surface area contributed by atoms with Crippen LogP contribution < -0.4 is 5.32 Å². The highest BCUT2D eigenvalue weighted by Crippen LogP contribution is 2.22. The van der Waals surface area contributed by atoms with Crippen LogP contribution in [0.15, 0.2) is 5.11 Å². The molecule has 0 aliphatic carbocycles. The molecule has 1 aliphatic heterocycles. The van der Waals surface area contributed by atoms with Crippen molar-refractivity contribution in [1.29, 1.82) is 5.26 Å². The molecule has 100 valence electrons. The minimum Gasteiger partial charge on any atom is -0.303 e. The van der Waals surface area contributed by atoms with Gasteiger partial charge in [-0.2, -0.15) is 5.26 Å². The van der Waals surface area contributed by atoms with Gasteiger partial charge in [0.15, 0.2) is 0 Å². The van der Waals surface area contributed by atoms with Gasteiger partial charge < -0.3 is 4.90 Å². The minimum atomic E-state index is -0.432. The van der Waals surface area contributed by atoms with Gasteiger partial charge in [0.05, 0.1) is 6.07 Å². The highest BCUT2D eigenvalue weighted by Gasteiger charge is 2.33. The molecule has 18 heavy (non-hydrogen) atoms. The first-order valence-electron chi connectivity index (χ1n) is 6.51. The highest BCUT2D eigenvalue weighted by molar-refractivity contribution is 5.09. The fourth-order valence-electron chi connectivity index (χ4n) is 2.35. The van der Waals surface area contributed by atoms with E-state index in [0.717, 1.165) is 32.5 Å². The Kier molecular flexibility index (Phi) is 5.93. The molecule has 1 fully saturated rings. The summed E-state index contributed by atoms with van der Waals surface area (Å²) in [6.07, 6.45) is 1.68. The number of piperidine rings is 1. The first-order valence-corrected chi connectivity index (χ1v) is 6.51. The molecule has 0 atom stereocenters. The summed E-state index contributed by atoms with van der Waals surface area (Å²) in [4.78, 5) is 5.12. The van der Waals surface area contributed by atoms with Crippen molar-refractivity contribution in [2.45, 2.75) is 32.2 Å². The van der Waals surface area contributed by atoms with E-state index >= 15 is 0 Å². The van der Waals surface area contributed by atoms with Crippen molar-refractivity contribution in [3.05, 3.63) is 10.4 Å². The first-order chi connectivity index (χ1) is 8.62. The lowest BCUT2D eigenvalue weighted by Gasteiger charge is -2.38. The molecule has 0 amide bonds. The van der Waals surface area contributed by atoms with Gasteiger partial charge in [0, 0.05) is 37.6 Å². The third-order valence-corrected chi connectivity index (χ3v) is 3.29. The number of hydrogen-bond acceptors (Lipinski definition) is 4. The van der Waals surface area contributed by atoms with Crippen molar-refractivity contribution >= 4 is 0 Å². The maximum atomic E-state index is 9.33. The second-order valence-electron chi connectivity index (χ2n) is 5.27. The van der Waals surface area contributed by atoms with Crippen LogP contribution in [-0.2, 0) is 0 Å². The first kappa shape index (κ1) is 14.8. The van der Waals surface area contributed by atoms with E-state index in [1.807, 2.05) is 0 Å². The number of nitrogens with one attached hydrogen (secondary N) is 1. The summed E-state index contributed by atoms with van der Waals surface area (Å²) in [5.74, 6) is 0.664. The molecule has 6 nitrogen and oxygen atoms in total. The highest BCUT2D eigenvalue weighted by atomic mass is 15.2. The Morgan fingerprint density at radius 2 is 2.17 bits per heavy atom. The quantitative estimate of drug-likeness (QED) is 0.338. The van der Waals surface area contributed by atoms with Crippen LogP contribution in [0.4, 0.5) is 0 Å². The molecule has 1 saturated heterocycles. The molecule has 1 heterocycles. The zero-order chi connectivity index (χ0) is 13.4. The number of likely N-dealkylation sites (tertiary alicyclic amines) is 1. The Labute approximate surface area is 109 Å². The Bertz CT molecular complexity index is 331. The van der Waals surface area contributed by atoms with Gasteiger partial charge in [0.2, 0.25) is 0 Å². The molecule has 6 heteroatoms. The lowest BCUT2D eigenvalue weighted by atomic mass is 9.88. The lowest BCUT2D eigenvalue weighted by Crippen LogP contribution is -2.53. The summed E-state index contributed by atoms with van der Waals surface area (Å²) >= 11 is 0. The molecule has 1 N–H and O–H groups in total. The smallest absolute Gasteiger partial charge is 0.109 e. The monoisotopic (exact) mass is 250 g/mol. The Morgan fingerprint density at radius 1 is 1.50 bits per heavy atom. The largest absolute Gasteiger partial charge is 0.303 e. The third kappa shape index (κ3) is 4.53. The van der Waals surface area contributed by atoms with Crippen LogP contribution in [0.1, 0.15) is 26.7 Å². The number of hydrogen-bond donors (Lipinski definition) is 1. The van der Waals surface area contributed by atoms with Crippen LogP contribution in [0.2, 0.25) is 0 Å². The van der Waals surface area contributed by atoms with E-state index in [-0.39, 0.29) is 0 Å². The topological polar surface area (TPSA) is 87.8 Å². The van der Waals surface area contributed by atoms with Crippen LogP contribution >= 0.6 is 0 Å². The average Bonchev–Trinajstić information content (AvgIpc) is 2.36.